The largest absolute Gasteiger partial charge is 0.347 e. The summed E-state index contributed by atoms with van der Waals surface area (Å²) in [7, 11) is 0. The molecule has 2 fully saturated rings. The number of amides is 1. The maximum Gasteiger partial charge on any atom is 0.226 e. The molecule has 0 atom stereocenters. The van der Waals surface area contributed by atoms with Crippen LogP contribution in [0.5, 0.6) is 0 Å². The second kappa shape index (κ2) is 6.65. The van der Waals surface area contributed by atoms with Crippen LogP contribution >= 0.6 is 11.3 Å². The fraction of sp³-hybridized carbons (Fsp3) is 0.550. The monoisotopic (exact) mass is 368 g/mol. The molecular weight excluding hydrogens is 344 g/mol. The minimum absolute atomic E-state index is 0.160. The summed E-state index contributed by atoms with van der Waals surface area (Å²) in [5.41, 5.74) is 2.71. The van der Waals surface area contributed by atoms with Crippen molar-refractivity contribution in [2.75, 3.05) is 24.5 Å². The number of hydrogen-bond acceptors (Lipinski definition) is 5. The molecule has 0 unspecified atom stereocenters. The van der Waals surface area contributed by atoms with E-state index in [1.807, 2.05) is 0 Å². The molecule has 5 rings (SSSR count). The summed E-state index contributed by atoms with van der Waals surface area (Å²) in [4.78, 5) is 17.4. The number of carbonyl (C=O) groups is 1. The fourth-order valence-corrected chi connectivity index (χ4v) is 5.17. The number of rotatable bonds is 3. The normalized spacial score (nSPS) is 20.9. The molecular formula is C20H24N4OS. The molecule has 6 heteroatoms. The highest BCUT2D eigenvalue weighted by Gasteiger charge is 2.32. The van der Waals surface area contributed by atoms with Gasteiger partial charge >= 0.3 is 0 Å². The third-order valence-corrected chi connectivity index (χ3v) is 7.06. The highest BCUT2D eigenvalue weighted by atomic mass is 32.1. The molecule has 1 saturated heterocycles. The van der Waals surface area contributed by atoms with Crippen LogP contribution in [0, 0.1) is 5.92 Å². The van der Waals surface area contributed by atoms with Crippen molar-refractivity contribution in [3.8, 4) is 0 Å². The fourth-order valence-electron chi connectivity index (χ4n) is 4.11. The molecule has 0 radical (unpaired) electrons. The Kier molecular flexibility index (Phi) is 4.15. The molecule has 0 spiro atoms. The summed E-state index contributed by atoms with van der Waals surface area (Å²) in [6, 6.07) is 8.51. The molecule has 2 aromatic rings. The smallest absolute Gasteiger partial charge is 0.226 e. The van der Waals surface area contributed by atoms with E-state index in [0.717, 1.165) is 50.6 Å². The molecule has 1 amide bonds. The summed E-state index contributed by atoms with van der Waals surface area (Å²) in [6.07, 6.45) is 5.37. The molecule has 3 aliphatic rings. The molecule has 0 N–H and O–H groups in total. The third-order valence-electron chi connectivity index (χ3n) is 5.91. The van der Waals surface area contributed by atoms with Crippen molar-refractivity contribution >= 4 is 22.4 Å². The van der Waals surface area contributed by atoms with Gasteiger partial charge in [0.15, 0.2) is 0 Å². The summed E-state index contributed by atoms with van der Waals surface area (Å²) in [5, 5.41) is 11.0. The summed E-state index contributed by atoms with van der Waals surface area (Å²) < 4.78 is 0. The molecule has 26 heavy (non-hydrogen) atoms. The molecule has 1 aliphatic carbocycles. The summed E-state index contributed by atoms with van der Waals surface area (Å²) >= 11 is 1.75. The molecule has 1 aromatic heterocycles. The Morgan fingerprint density at radius 1 is 1.00 bits per heavy atom. The molecule has 1 aromatic carbocycles. The molecule has 1 saturated carbocycles. The van der Waals surface area contributed by atoms with E-state index in [-0.39, 0.29) is 5.92 Å². The Morgan fingerprint density at radius 2 is 1.77 bits per heavy atom. The Hall–Kier alpha value is -1.95. The highest BCUT2D eigenvalue weighted by Crippen LogP contribution is 2.43. The van der Waals surface area contributed by atoms with Gasteiger partial charge in [-0.15, -0.1) is 10.2 Å². The molecule has 5 nitrogen and oxygen atoms in total. The van der Waals surface area contributed by atoms with Crippen molar-refractivity contribution in [3.05, 3.63) is 40.4 Å². The van der Waals surface area contributed by atoms with Crippen LogP contribution in [0.15, 0.2) is 24.3 Å². The number of nitrogens with zero attached hydrogens (tertiary/aromatic N) is 4. The van der Waals surface area contributed by atoms with Crippen LogP contribution in [0.4, 0.5) is 5.13 Å². The second-order valence-electron chi connectivity index (χ2n) is 7.74. The molecule has 136 valence electrons. The lowest BCUT2D eigenvalue weighted by Crippen LogP contribution is -2.44. The van der Waals surface area contributed by atoms with Crippen LogP contribution < -0.4 is 4.90 Å². The standard InChI is InChI=1S/C20H24N4OS/c25-19(24-12-7-14-3-1-2-4-17(14)13-24)16-8-10-23(11-9-16)20-22-21-18(26-20)15-5-6-15/h1-4,15-16H,5-13H2. The molecule has 3 heterocycles. The maximum atomic E-state index is 13.0. The zero-order valence-corrected chi connectivity index (χ0v) is 15.7. The van der Waals surface area contributed by atoms with Gasteiger partial charge in [0.05, 0.1) is 0 Å². The van der Waals surface area contributed by atoms with Gasteiger partial charge in [0.2, 0.25) is 11.0 Å². The topological polar surface area (TPSA) is 49.3 Å². The van der Waals surface area contributed by atoms with Gasteiger partial charge in [-0.3, -0.25) is 4.79 Å². The lowest BCUT2D eigenvalue weighted by Gasteiger charge is -2.36. The lowest BCUT2D eigenvalue weighted by atomic mass is 9.93. The Morgan fingerprint density at radius 3 is 2.54 bits per heavy atom. The maximum absolute atomic E-state index is 13.0. The third kappa shape index (κ3) is 3.11. The quantitative estimate of drug-likeness (QED) is 0.835. The Bertz CT molecular complexity index is 808. The van der Waals surface area contributed by atoms with Gasteiger partial charge in [-0.2, -0.15) is 0 Å². The number of hydrogen-bond donors (Lipinski definition) is 0. The van der Waals surface area contributed by atoms with E-state index in [4.69, 9.17) is 0 Å². The summed E-state index contributed by atoms with van der Waals surface area (Å²) in [6.45, 7) is 3.47. The van der Waals surface area contributed by atoms with Crippen molar-refractivity contribution in [1.82, 2.24) is 15.1 Å². The Balaban J connectivity index is 1.19. The predicted molar refractivity (Wildman–Crippen MR) is 102 cm³/mol. The minimum atomic E-state index is 0.160. The van der Waals surface area contributed by atoms with Crippen LogP contribution in [0.1, 0.15) is 47.7 Å². The first-order valence-electron chi connectivity index (χ1n) is 9.72. The SMILES string of the molecule is O=C(C1CCN(c2nnc(C3CC3)s2)CC1)N1CCc2ccccc2C1. The van der Waals surface area contributed by atoms with Crippen LogP contribution in [0.25, 0.3) is 0 Å². The first kappa shape index (κ1) is 16.2. The van der Waals surface area contributed by atoms with E-state index in [1.165, 1.54) is 29.0 Å². The molecule has 0 bridgehead atoms. The average molecular weight is 369 g/mol. The van der Waals surface area contributed by atoms with Gasteiger partial charge < -0.3 is 9.80 Å². The van der Waals surface area contributed by atoms with E-state index in [2.05, 4.69) is 44.3 Å². The van der Waals surface area contributed by atoms with Crippen molar-refractivity contribution in [2.24, 2.45) is 5.92 Å². The Labute approximate surface area is 158 Å². The van der Waals surface area contributed by atoms with Gasteiger partial charge in [-0.1, -0.05) is 35.6 Å². The van der Waals surface area contributed by atoms with E-state index in [1.54, 1.807) is 11.3 Å². The van der Waals surface area contributed by atoms with Gasteiger partial charge in [0.1, 0.15) is 5.01 Å². The second-order valence-corrected chi connectivity index (χ2v) is 8.72. The number of piperidine rings is 1. The number of aromatic nitrogens is 2. The van der Waals surface area contributed by atoms with E-state index in [9.17, 15) is 4.79 Å². The minimum Gasteiger partial charge on any atom is -0.347 e. The lowest BCUT2D eigenvalue weighted by molar-refractivity contribution is -0.137. The predicted octanol–water partition coefficient (Wildman–Crippen LogP) is 3.22. The highest BCUT2D eigenvalue weighted by molar-refractivity contribution is 7.15. The van der Waals surface area contributed by atoms with Crippen LogP contribution in [0.3, 0.4) is 0 Å². The molecule has 2 aliphatic heterocycles. The van der Waals surface area contributed by atoms with Crippen molar-refractivity contribution < 1.29 is 4.79 Å². The number of carbonyl (C=O) groups excluding carboxylic acids is 1. The van der Waals surface area contributed by atoms with Crippen LogP contribution in [0.2, 0.25) is 0 Å². The average Bonchev–Trinajstić information content (AvgIpc) is 3.44. The number of fused-ring (bicyclic) bond motifs is 1. The van der Waals surface area contributed by atoms with Gasteiger partial charge in [0.25, 0.3) is 0 Å². The van der Waals surface area contributed by atoms with Crippen LogP contribution in [-0.4, -0.2) is 40.6 Å². The van der Waals surface area contributed by atoms with E-state index < -0.39 is 0 Å². The van der Waals surface area contributed by atoms with Crippen molar-refractivity contribution in [2.45, 2.75) is 44.6 Å². The van der Waals surface area contributed by atoms with Crippen molar-refractivity contribution in [1.29, 1.82) is 0 Å². The first-order chi connectivity index (χ1) is 12.8. The zero-order chi connectivity index (χ0) is 17.5. The first-order valence-corrected chi connectivity index (χ1v) is 10.5. The van der Waals surface area contributed by atoms with E-state index in [0.29, 0.717) is 11.8 Å². The van der Waals surface area contributed by atoms with Gasteiger partial charge in [-0.05, 0) is 43.2 Å². The van der Waals surface area contributed by atoms with Crippen LogP contribution in [-0.2, 0) is 17.8 Å². The van der Waals surface area contributed by atoms with E-state index >= 15 is 0 Å². The number of anilines is 1. The summed E-state index contributed by atoms with van der Waals surface area (Å²) in [5.74, 6) is 1.17. The number of benzene rings is 1. The van der Waals surface area contributed by atoms with Crippen molar-refractivity contribution in [3.63, 3.8) is 0 Å². The van der Waals surface area contributed by atoms with Gasteiger partial charge in [-0.25, -0.2) is 0 Å². The zero-order valence-electron chi connectivity index (χ0n) is 14.9. The van der Waals surface area contributed by atoms with Gasteiger partial charge in [0, 0.05) is 38.0 Å².